The Morgan fingerprint density at radius 2 is 2.17 bits per heavy atom. The van der Waals surface area contributed by atoms with E-state index in [4.69, 9.17) is 0 Å². The van der Waals surface area contributed by atoms with Crippen molar-refractivity contribution in [2.75, 3.05) is 13.1 Å². The zero-order valence-electron chi connectivity index (χ0n) is 11.1. The zero-order valence-corrected chi connectivity index (χ0v) is 11.9. The monoisotopic (exact) mass is 263 g/mol. The lowest BCUT2D eigenvalue weighted by Crippen LogP contribution is -2.39. The quantitative estimate of drug-likeness (QED) is 0.759. The van der Waals surface area contributed by atoms with E-state index in [9.17, 15) is 4.79 Å². The van der Waals surface area contributed by atoms with Crippen molar-refractivity contribution in [3.63, 3.8) is 0 Å². The minimum Gasteiger partial charge on any atom is -0.338 e. The fraction of sp³-hybridized carbons (Fsp3) is 0.667. The Morgan fingerprint density at radius 1 is 1.33 bits per heavy atom. The van der Waals surface area contributed by atoms with Gasteiger partial charge in [0.05, 0.1) is 5.56 Å². The molecular formula is C15H21NOS. The van der Waals surface area contributed by atoms with Crippen LogP contribution in [0.2, 0.25) is 0 Å². The van der Waals surface area contributed by atoms with Crippen LogP contribution in [0.4, 0.5) is 0 Å². The summed E-state index contributed by atoms with van der Waals surface area (Å²) in [4.78, 5) is 16.2. The molecule has 2 nitrogen and oxygen atoms in total. The molecule has 0 spiro atoms. The molecule has 0 bridgehead atoms. The van der Waals surface area contributed by atoms with Gasteiger partial charge in [0.15, 0.2) is 0 Å². The van der Waals surface area contributed by atoms with Crippen LogP contribution in [-0.4, -0.2) is 23.9 Å². The van der Waals surface area contributed by atoms with E-state index in [2.05, 4.69) is 17.2 Å². The molecule has 1 aliphatic heterocycles. The number of likely N-dealkylation sites (tertiary alicyclic amines) is 1. The molecule has 1 fully saturated rings. The summed E-state index contributed by atoms with van der Waals surface area (Å²) in [6.07, 6.45) is 7.28. The summed E-state index contributed by atoms with van der Waals surface area (Å²) >= 11 is 1.80. The van der Waals surface area contributed by atoms with Gasteiger partial charge in [0, 0.05) is 23.3 Å². The molecule has 1 saturated heterocycles. The van der Waals surface area contributed by atoms with E-state index in [1.165, 1.54) is 42.5 Å². The van der Waals surface area contributed by atoms with Gasteiger partial charge in [0.25, 0.3) is 5.91 Å². The predicted octanol–water partition coefficient (Wildman–Crippen LogP) is 3.50. The van der Waals surface area contributed by atoms with Gasteiger partial charge in [-0.15, -0.1) is 11.3 Å². The molecule has 3 rings (SSSR count). The first kappa shape index (κ1) is 12.2. The number of fused-ring (bicyclic) bond motifs is 1. The van der Waals surface area contributed by atoms with Crippen molar-refractivity contribution in [1.29, 1.82) is 0 Å². The number of carbonyl (C=O) groups excluding carboxylic acids is 1. The fourth-order valence-electron chi connectivity index (χ4n) is 3.22. The van der Waals surface area contributed by atoms with Crippen molar-refractivity contribution in [3.8, 4) is 0 Å². The maximum Gasteiger partial charge on any atom is 0.254 e. The standard InChI is InChI=1S/C15H21NOS/c1-11-5-4-8-16(9-11)15(17)13-10-18-14-7-3-2-6-12(13)14/h10-11H,2-9H2,1H3. The first-order valence-corrected chi connectivity index (χ1v) is 8.02. The highest BCUT2D eigenvalue weighted by Gasteiger charge is 2.26. The lowest BCUT2D eigenvalue weighted by molar-refractivity contribution is 0.0682. The summed E-state index contributed by atoms with van der Waals surface area (Å²) < 4.78 is 0. The zero-order chi connectivity index (χ0) is 12.5. The van der Waals surface area contributed by atoms with E-state index >= 15 is 0 Å². The van der Waals surface area contributed by atoms with Gasteiger partial charge in [-0.25, -0.2) is 0 Å². The van der Waals surface area contributed by atoms with E-state index < -0.39 is 0 Å². The summed E-state index contributed by atoms with van der Waals surface area (Å²) in [6, 6.07) is 0. The molecule has 0 aromatic carbocycles. The molecule has 1 amide bonds. The largest absolute Gasteiger partial charge is 0.338 e. The Labute approximate surface area is 113 Å². The van der Waals surface area contributed by atoms with E-state index in [-0.39, 0.29) is 0 Å². The molecule has 0 radical (unpaired) electrons. The lowest BCUT2D eigenvalue weighted by Gasteiger charge is -2.31. The number of piperidine rings is 1. The summed E-state index contributed by atoms with van der Waals surface area (Å²) in [6.45, 7) is 4.15. The summed E-state index contributed by atoms with van der Waals surface area (Å²) in [5, 5.41) is 2.11. The van der Waals surface area contributed by atoms with Crippen molar-refractivity contribution < 1.29 is 4.79 Å². The Bertz CT molecular complexity index is 451. The average Bonchev–Trinajstić information content (AvgIpc) is 2.82. The van der Waals surface area contributed by atoms with Crippen LogP contribution >= 0.6 is 11.3 Å². The van der Waals surface area contributed by atoms with E-state index in [0.717, 1.165) is 25.1 Å². The maximum atomic E-state index is 12.6. The molecule has 1 atom stereocenters. The van der Waals surface area contributed by atoms with Crippen LogP contribution in [0.15, 0.2) is 5.38 Å². The normalized spacial score (nSPS) is 23.8. The molecular weight excluding hydrogens is 242 g/mol. The second-order valence-corrected chi connectivity index (χ2v) is 6.72. The number of hydrogen-bond acceptors (Lipinski definition) is 2. The fourth-order valence-corrected chi connectivity index (χ4v) is 4.34. The van der Waals surface area contributed by atoms with Crippen LogP contribution in [-0.2, 0) is 12.8 Å². The van der Waals surface area contributed by atoms with Crippen molar-refractivity contribution in [2.45, 2.75) is 45.4 Å². The third-order valence-electron chi connectivity index (χ3n) is 4.24. The van der Waals surface area contributed by atoms with Crippen LogP contribution in [0.5, 0.6) is 0 Å². The Hall–Kier alpha value is -0.830. The Morgan fingerprint density at radius 3 is 3.00 bits per heavy atom. The molecule has 1 aliphatic carbocycles. The van der Waals surface area contributed by atoms with E-state index in [1.807, 2.05) is 0 Å². The molecule has 0 N–H and O–H groups in total. The van der Waals surface area contributed by atoms with Gasteiger partial charge in [-0.2, -0.15) is 0 Å². The topological polar surface area (TPSA) is 20.3 Å². The molecule has 18 heavy (non-hydrogen) atoms. The van der Waals surface area contributed by atoms with E-state index in [1.54, 1.807) is 11.3 Å². The number of amides is 1. The van der Waals surface area contributed by atoms with Crippen molar-refractivity contribution in [2.24, 2.45) is 5.92 Å². The summed E-state index contributed by atoms with van der Waals surface area (Å²) in [5.74, 6) is 0.957. The summed E-state index contributed by atoms with van der Waals surface area (Å²) in [7, 11) is 0. The highest BCUT2D eigenvalue weighted by atomic mass is 32.1. The number of hydrogen-bond donors (Lipinski definition) is 0. The third-order valence-corrected chi connectivity index (χ3v) is 5.32. The van der Waals surface area contributed by atoms with Gasteiger partial charge in [0.1, 0.15) is 0 Å². The minimum atomic E-state index is 0.293. The highest BCUT2D eigenvalue weighted by molar-refractivity contribution is 7.10. The first-order chi connectivity index (χ1) is 8.75. The lowest BCUT2D eigenvalue weighted by atomic mass is 9.94. The molecule has 2 heterocycles. The van der Waals surface area contributed by atoms with Gasteiger partial charge in [-0.1, -0.05) is 6.92 Å². The second kappa shape index (κ2) is 5.04. The molecule has 3 heteroatoms. The molecule has 1 aromatic rings. The van der Waals surface area contributed by atoms with Crippen LogP contribution in [0.1, 0.15) is 53.4 Å². The van der Waals surface area contributed by atoms with Crippen LogP contribution in [0.3, 0.4) is 0 Å². The van der Waals surface area contributed by atoms with Gasteiger partial charge >= 0.3 is 0 Å². The number of rotatable bonds is 1. The predicted molar refractivity (Wildman–Crippen MR) is 75.3 cm³/mol. The van der Waals surface area contributed by atoms with Crippen molar-refractivity contribution >= 4 is 17.2 Å². The summed E-state index contributed by atoms with van der Waals surface area (Å²) in [5.41, 5.74) is 2.39. The third kappa shape index (κ3) is 2.20. The second-order valence-electron chi connectivity index (χ2n) is 5.76. The molecule has 98 valence electrons. The minimum absolute atomic E-state index is 0.293. The smallest absolute Gasteiger partial charge is 0.254 e. The first-order valence-electron chi connectivity index (χ1n) is 7.14. The number of carbonyl (C=O) groups is 1. The number of nitrogens with zero attached hydrogens (tertiary/aromatic N) is 1. The molecule has 1 aromatic heterocycles. The SMILES string of the molecule is CC1CCCN(C(=O)c2csc3c2CCCC3)C1. The van der Waals surface area contributed by atoms with Crippen LogP contribution < -0.4 is 0 Å². The van der Waals surface area contributed by atoms with Crippen LogP contribution in [0.25, 0.3) is 0 Å². The number of aryl methyl sites for hydroxylation is 1. The van der Waals surface area contributed by atoms with Gasteiger partial charge < -0.3 is 4.90 Å². The molecule has 2 aliphatic rings. The Balaban J connectivity index is 1.81. The van der Waals surface area contributed by atoms with Gasteiger partial charge in [-0.05, 0) is 50.0 Å². The van der Waals surface area contributed by atoms with Gasteiger partial charge in [-0.3, -0.25) is 4.79 Å². The maximum absolute atomic E-state index is 12.6. The highest BCUT2D eigenvalue weighted by Crippen LogP contribution is 2.31. The number of thiophene rings is 1. The average molecular weight is 263 g/mol. The van der Waals surface area contributed by atoms with Gasteiger partial charge in [0.2, 0.25) is 0 Å². The van der Waals surface area contributed by atoms with Crippen LogP contribution in [0, 0.1) is 5.92 Å². The Kier molecular flexibility index (Phi) is 3.42. The van der Waals surface area contributed by atoms with Crippen molar-refractivity contribution in [1.82, 2.24) is 4.90 Å². The molecule has 0 saturated carbocycles. The van der Waals surface area contributed by atoms with E-state index in [0.29, 0.717) is 11.8 Å². The molecule has 1 unspecified atom stereocenters. The van der Waals surface area contributed by atoms with Crippen molar-refractivity contribution in [3.05, 3.63) is 21.4 Å².